The van der Waals surface area contributed by atoms with Crippen molar-refractivity contribution in [3.05, 3.63) is 0 Å². The maximum atomic E-state index is 12.1. The Balaban J connectivity index is 2.71. The minimum Gasteiger partial charge on any atom is -0.444 e. The summed E-state index contributed by atoms with van der Waals surface area (Å²) in [4.78, 5) is 13.8. The van der Waals surface area contributed by atoms with Crippen molar-refractivity contribution < 1.29 is 9.53 Å². The van der Waals surface area contributed by atoms with Crippen molar-refractivity contribution in [2.45, 2.75) is 65.1 Å². The first-order chi connectivity index (χ1) is 7.74. The van der Waals surface area contributed by atoms with Crippen LogP contribution in [0.1, 0.15) is 47.5 Å². The normalized spacial score (nSPS) is 29.6. The number of carbonyl (C=O) groups excluding carboxylic acids is 1. The smallest absolute Gasteiger partial charge is 0.410 e. The second-order valence-electron chi connectivity index (χ2n) is 5.88. The fourth-order valence-corrected chi connectivity index (χ4v) is 2.36. The van der Waals surface area contributed by atoms with Gasteiger partial charge in [-0.25, -0.2) is 4.79 Å². The maximum Gasteiger partial charge on any atom is 0.410 e. The predicted molar refractivity (Wildman–Crippen MR) is 65.3 cm³/mol. The van der Waals surface area contributed by atoms with Crippen LogP contribution in [0.4, 0.5) is 4.79 Å². The van der Waals surface area contributed by atoms with Crippen LogP contribution in [0.25, 0.3) is 0 Å². The highest BCUT2D eigenvalue weighted by atomic mass is 16.6. The van der Waals surface area contributed by atoms with E-state index in [1.54, 1.807) is 4.90 Å². The summed E-state index contributed by atoms with van der Waals surface area (Å²) < 4.78 is 5.39. The third-order valence-electron chi connectivity index (χ3n) is 2.99. The van der Waals surface area contributed by atoms with E-state index >= 15 is 0 Å². The number of carbonyl (C=O) groups is 1. The molecule has 17 heavy (non-hydrogen) atoms. The van der Waals surface area contributed by atoms with Crippen LogP contribution >= 0.6 is 0 Å². The minimum absolute atomic E-state index is 0.0543. The highest BCUT2D eigenvalue weighted by Gasteiger charge is 2.36. The van der Waals surface area contributed by atoms with Crippen molar-refractivity contribution in [1.29, 1.82) is 5.26 Å². The minimum atomic E-state index is -0.470. The number of likely N-dealkylation sites (tertiary alicyclic amines) is 1. The zero-order chi connectivity index (χ0) is 13.2. The molecule has 0 unspecified atom stereocenters. The quantitative estimate of drug-likeness (QED) is 0.652. The number of nitriles is 1. The molecule has 2 atom stereocenters. The summed E-state index contributed by atoms with van der Waals surface area (Å²) in [6.07, 6.45) is 1.20. The van der Waals surface area contributed by atoms with Crippen molar-refractivity contribution in [2.24, 2.45) is 5.92 Å². The summed E-state index contributed by atoms with van der Waals surface area (Å²) in [5.74, 6) is 0.0543. The Hall–Kier alpha value is -1.24. The second kappa shape index (κ2) is 4.95. The van der Waals surface area contributed by atoms with Crippen LogP contribution < -0.4 is 0 Å². The number of rotatable bonds is 0. The van der Waals surface area contributed by atoms with Gasteiger partial charge in [-0.15, -0.1) is 0 Å². The predicted octanol–water partition coefficient (Wildman–Crippen LogP) is 2.93. The third-order valence-corrected chi connectivity index (χ3v) is 2.99. The molecule has 0 aromatic carbocycles. The Bertz CT molecular complexity index is 315. The number of piperidine rings is 1. The lowest BCUT2D eigenvalue weighted by Crippen LogP contribution is -2.51. The van der Waals surface area contributed by atoms with Gasteiger partial charge in [0.1, 0.15) is 5.60 Å². The number of nitrogens with zero attached hydrogens (tertiary/aromatic N) is 2. The van der Waals surface area contributed by atoms with Crippen LogP contribution in [-0.4, -0.2) is 28.7 Å². The van der Waals surface area contributed by atoms with Crippen LogP contribution in [0.15, 0.2) is 0 Å². The molecule has 0 spiro atoms. The molecule has 4 nitrogen and oxygen atoms in total. The molecule has 0 bridgehead atoms. The molecule has 96 valence electrons. The van der Waals surface area contributed by atoms with Crippen molar-refractivity contribution in [2.75, 3.05) is 0 Å². The molecular weight excluding hydrogens is 216 g/mol. The third kappa shape index (κ3) is 3.62. The number of hydrogen-bond acceptors (Lipinski definition) is 3. The van der Waals surface area contributed by atoms with Gasteiger partial charge in [0.25, 0.3) is 0 Å². The average Bonchev–Trinajstić information content (AvgIpc) is 2.13. The zero-order valence-electron chi connectivity index (χ0n) is 11.4. The van der Waals surface area contributed by atoms with E-state index in [1.807, 2.05) is 34.6 Å². The SMILES string of the molecule is C[C@H]1CC(C#N)C[C@H](C)N1C(=O)OC(C)(C)C. The van der Waals surface area contributed by atoms with Crippen LogP contribution in [0.2, 0.25) is 0 Å². The molecule has 0 N–H and O–H groups in total. The topological polar surface area (TPSA) is 53.3 Å². The van der Waals surface area contributed by atoms with Gasteiger partial charge in [-0.3, -0.25) is 0 Å². The van der Waals surface area contributed by atoms with Gasteiger partial charge >= 0.3 is 6.09 Å². The first kappa shape index (κ1) is 13.8. The van der Waals surface area contributed by atoms with Crippen molar-refractivity contribution in [3.63, 3.8) is 0 Å². The van der Waals surface area contributed by atoms with Crippen LogP contribution in [0.5, 0.6) is 0 Å². The Morgan fingerprint density at radius 2 is 1.76 bits per heavy atom. The van der Waals surface area contributed by atoms with Crippen LogP contribution in [0.3, 0.4) is 0 Å². The summed E-state index contributed by atoms with van der Waals surface area (Å²) in [6.45, 7) is 9.54. The van der Waals surface area contributed by atoms with Gasteiger partial charge in [0.05, 0.1) is 12.0 Å². The van der Waals surface area contributed by atoms with E-state index in [1.165, 1.54) is 0 Å². The molecule has 1 heterocycles. The second-order valence-corrected chi connectivity index (χ2v) is 5.88. The Morgan fingerprint density at radius 1 is 1.29 bits per heavy atom. The van der Waals surface area contributed by atoms with E-state index in [2.05, 4.69) is 6.07 Å². The van der Waals surface area contributed by atoms with Gasteiger partial charge in [-0.2, -0.15) is 5.26 Å². The molecule has 1 amide bonds. The number of amides is 1. The molecule has 1 rings (SSSR count). The van der Waals surface area contributed by atoms with E-state index in [9.17, 15) is 4.79 Å². The van der Waals surface area contributed by atoms with Crippen molar-refractivity contribution >= 4 is 6.09 Å². The van der Waals surface area contributed by atoms with Gasteiger partial charge in [0, 0.05) is 12.1 Å². The van der Waals surface area contributed by atoms with Crippen molar-refractivity contribution in [1.82, 2.24) is 4.90 Å². The summed E-state index contributed by atoms with van der Waals surface area (Å²) in [6, 6.07) is 2.43. The highest BCUT2D eigenvalue weighted by molar-refractivity contribution is 5.69. The highest BCUT2D eigenvalue weighted by Crippen LogP contribution is 2.28. The molecule has 4 heteroatoms. The van der Waals surface area contributed by atoms with E-state index in [4.69, 9.17) is 10.00 Å². The fraction of sp³-hybridized carbons (Fsp3) is 0.846. The van der Waals surface area contributed by atoms with Gasteiger partial charge in [0.15, 0.2) is 0 Å². The van der Waals surface area contributed by atoms with E-state index in [0.717, 1.165) is 12.8 Å². The molecule has 0 radical (unpaired) electrons. The van der Waals surface area contributed by atoms with E-state index in [0.29, 0.717) is 0 Å². The average molecular weight is 238 g/mol. The largest absolute Gasteiger partial charge is 0.444 e. The molecule has 1 fully saturated rings. The first-order valence-electron chi connectivity index (χ1n) is 6.15. The maximum absolute atomic E-state index is 12.1. The van der Waals surface area contributed by atoms with E-state index < -0.39 is 5.60 Å². The molecule has 1 saturated heterocycles. The van der Waals surface area contributed by atoms with Crippen LogP contribution in [-0.2, 0) is 4.74 Å². The Morgan fingerprint density at radius 3 is 2.12 bits per heavy atom. The number of ether oxygens (including phenoxy) is 1. The zero-order valence-corrected chi connectivity index (χ0v) is 11.4. The first-order valence-corrected chi connectivity index (χ1v) is 6.15. The summed E-state index contributed by atoms with van der Waals surface area (Å²) in [5, 5.41) is 8.95. The van der Waals surface area contributed by atoms with Gasteiger partial charge in [-0.05, 0) is 47.5 Å². The molecule has 0 aromatic rings. The fourth-order valence-electron chi connectivity index (χ4n) is 2.36. The molecular formula is C13H22N2O2. The standard InChI is InChI=1S/C13H22N2O2/c1-9-6-11(8-14)7-10(2)15(9)12(16)17-13(3,4)5/h9-11H,6-7H2,1-5H3/t9-,10-/m0/s1. The molecule has 0 saturated carbocycles. The summed E-state index contributed by atoms with van der Waals surface area (Å²) in [7, 11) is 0. The Kier molecular flexibility index (Phi) is 4.03. The van der Waals surface area contributed by atoms with Gasteiger partial charge in [0.2, 0.25) is 0 Å². The summed E-state index contributed by atoms with van der Waals surface area (Å²) >= 11 is 0. The molecule has 1 aliphatic rings. The summed E-state index contributed by atoms with van der Waals surface area (Å²) in [5.41, 5.74) is -0.470. The number of hydrogen-bond donors (Lipinski definition) is 0. The van der Waals surface area contributed by atoms with Gasteiger partial charge in [-0.1, -0.05) is 0 Å². The molecule has 0 aliphatic carbocycles. The van der Waals surface area contributed by atoms with Gasteiger partial charge < -0.3 is 9.64 Å². The Labute approximate surface area is 104 Å². The molecule has 0 aromatic heterocycles. The lowest BCUT2D eigenvalue weighted by atomic mass is 9.88. The van der Waals surface area contributed by atoms with E-state index in [-0.39, 0.29) is 24.1 Å². The monoisotopic (exact) mass is 238 g/mol. The lowest BCUT2D eigenvalue weighted by Gasteiger charge is -2.41. The van der Waals surface area contributed by atoms with Crippen LogP contribution in [0, 0.1) is 17.2 Å². The van der Waals surface area contributed by atoms with Crippen molar-refractivity contribution in [3.8, 4) is 6.07 Å². The lowest BCUT2D eigenvalue weighted by molar-refractivity contribution is -0.00384. The molecule has 1 aliphatic heterocycles.